The molecule has 1 aromatic rings. The third-order valence-electron chi connectivity index (χ3n) is 2.04. The highest BCUT2D eigenvalue weighted by Crippen LogP contribution is 2.26. The van der Waals surface area contributed by atoms with Crippen molar-refractivity contribution in [1.29, 1.82) is 0 Å². The number of nitrogens with zero attached hydrogens (tertiary/aromatic N) is 1. The molecule has 0 amide bonds. The van der Waals surface area contributed by atoms with Crippen molar-refractivity contribution in [3.05, 3.63) is 35.7 Å². The largest absolute Gasteiger partial charge is 0.256 e. The lowest BCUT2D eigenvalue weighted by molar-refractivity contribution is 0.971. The summed E-state index contributed by atoms with van der Waals surface area (Å²) in [7, 11) is 0. The molecule has 1 aliphatic rings. The second-order valence-corrected chi connectivity index (χ2v) is 2.99. The van der Waals surface area contributed by atoms with E-state index in [0.29, 0.717) is 0 Å². The average molecular weight is 145 g/mol. The van der Waals surface area contributed by atoms with Crippen LogP contribution >= 0.6 is 0 Å². The van der Waals surface area contributed by atoms with E-state index in [1.54, 1.807) is 0 Å². The lowest BCUT2D eigenvalue weighted by atomic mass is 9.95. The van der Waals surface area contributed by atoms with Crippen LogP contribution in [0, 0.1) is 6.92 Å². The van der Waals surface area contributed by atoms with Crippen LogP contribution in [0.15, 0.2) is 24.4 Å². The number of hydrogen-bond donors (Lipinski definition) is 0. The highest BCUT2D eigenvalue weighted by Gasteiger charge is 2.08. The fourth-order valence-electron chi connectivity index (χ4n) is 1.18. The summed E-state index contributed by atoms with van der Waals surface area (Å²) in [6, 6.07) is 4.21. The Kier molecular flexibility index (Phi) is 1.50. The second kappa shape index (κ2) is 2.50. The van der Waals surface area contributed by atoms with Crippen LogP contribution in [0.2, 0.25) is 0 Å². The normalized spacial score (nSPS) is 15.5. The smallest absolute Gasteiger partial charge is 0.0658 e. The van der Waals surface area contributed by atoms with Crippen molar-refractivity contribution < 1.29 is 0 Å². The van der Waals surface area contributed by atoms with E-state index in [4.69, 9.17) is 0 Å². The standard InChI is InChI=1S/C10H11N/c1-8-5-6-10(11-7-8)9-3-2-4-9/h3,5-7H,2,4H2,1H3. The van der Waals surface area contributed by atoms with Gasteiger partial charge in [-0.3, -0.25) is 4.98 Å². The third-order valence-corrected chi connectivity index (χ3v) is 2.04. The van der Waals surface area contributed by atoms with Gasteiger partial charge in [-0.1, -0.05) is 12.1 Å². The zero-order valence-corrected chi connectivity index (χ0v) is 6.67. The Labute approximate surface area is 66.8 Å². The minimum absolute atomic E-state index is 1.15. The van der Waals surface area contributed by atoms with Crippen LogP contribution in [0.25, 0.3) is 5.57 Å². The minimum Gasteiger partial charge on any atom is -0.256 e. The molecule has 11 heavy (non-hydrogen) atoms. The van der Waals surface area contributed by atoms with Gasteiger partial charge in [-0.05, 0) is 37.0 Å². The van der Waals surface area contributed by atoms with Crippen LogP contribution in [0.3, 0.4) is 0 Å². The lowest BCUT2D eigenvalue weighted by Gasteiger charge is -2.12. The van der Waals surface area contributed by atoms with E-state index in [9.17, 15) is 0 Å². The molecule has 0 unspecified atom stereocenters. The summed E-state index contributed by atoms with van der Waals surface area (Å²) in [4.78, 5) is 4.33. The van der Waals surface area contributed by atoms with E-state index >= 15 is 0 Å². The zero-order valence-electron chi connectivity index (χ0n) is 6.67. The molecule has 0 bridgehead atoms. The summed E-state index contributed by atoms with van der Waals surface area (Å²) in [5, 5.41) is 0. The predicted octanol–water partition coefficient (Wildman–Crippen LogP) is 2.57. The Morgan fingerprint density at radius 2 is 2.18 bits per heavy atom. The molecule has 2 rings (SSSR count). The van der Waals surface area contributed by atoms with Gasteiger partial charge in [0, 0.05) is 6.20 Å². The van der Waals surface area contributed by atoms with Crippen LogP contribution in [0.1, 0.15) is 24.1 Å². The first kappa shape index (κ1) is 6.59. The Bertz CT molecular complexity index is 282. The molecule has 0 fully saturated rings. The fraction of sp³-hybridized carbons (Fsp3) is 0.300. The molecular weight excluding hydrogens is 134 g/mol. The molecule has 0 radical (unpaired) electrons. The van der Waals surface area contributed by atoms with Gasteiger partial charge in [0.25, 0.3) is 0 Å². The van der Waals surface area contributed by atoms with Crippen molar-refractivity contribution in [3.63, 3.8) is 0 Å². The monoisotopic (exact) mass is 145 g/mol. The summed E-state index contributed by atoms with van der Waals surface area (Å²) >= 11 is 0. The van der Waals surface area contributed by atoms with E-state index in [-0.39, 0.29) is 0 Å². The molecule has 1 aliphatic carbocycles. The van der Waals surface area contributed by atoms with E-state index in [1.807, 2.05) is 6.20 Å². The SMILES string of the molecule is Cc1ccc(C2=CCC2)nc1. The molecule has 1 aromatic heterocycles. The third kappa shape index (κ3) is 1.18. The number of allylic oxidation sites excluding steroid dienone is 2. The molecule has 0 saturated carbocycles. The summed E-state index contributed by atoms with van der Waals surface area (Å²) in [6.45, 7) is 2.06. The number of pyridine rings is 1. The first-order chi connectivity index (χ1) is 5.36. The molecule has 0 N–H and O–H groups in total. The average Bonchev–Trinajstić information content (AvgIpc) is 1.90. The Morgan fingerprint density at radius 1 is 1.36 bits per heavy atom. The Balaban J connectivity index is 2.32. The fourth-order valence-corrected chi connectivity index (χ4v) is 1.18. The van der Waals surface area contributed by atoms with Crippen LogP contribution < -0.4 is 0 Å². The maximum Gasteiger partial charge on any atom is 0.0658 e. The topological polar surface area (TPSA) is 12.9 Å². The first-order valence-corrected chi connectivity index (χ1v) is 3.98. The van der Waals surface area contributed by atoms with Gasteiger partial charge in [-0.2, -0.15) is 0 Å². The highest BCUT2D eigenvalue weighted by atomic mass is 14.7. The summed E-state index contributed by atoms with van der Waals surface area (Å²) in [5.74, 6) is 0. The second-order valence-electron chi connectivity index (χ2n) is 2.99. The maximum atomic E-state index is 4.33. The van der Waals surface area contributed by atoms with E-state index in [1.165, 1.54) is 24.0 Å². The van der Waals surface area contributed by atoms with Crippen molar-refractivity contribution in [1.82, 2.24) is 4.98 Å². The molecule has 1 heterocycles. The van der Waals surface area contributed by atoms with Crippen LogP contribution in [0.5, 0.6) is 0 Å². The highest BCUT2D eigenvalue weighted by molar-refractivity contribution is 5.66. The van der Waals surface area contributed by atoms with E-state index in [2.05, 4.69) is 30.1 Å². The predicted molar refractivity (Wildman–Crippen MR) is 46.2 cm³/mol. The lowest BCUT2D eigenvalue weighted by Crippen LogP contribution is -1.95. The van der Waals surface area contributed by atoms with Crippen molar-refractivity contribution in [2.75, 3.05) is 0 Å². The summed E-state index contributed by atoms with van der Waals surface area (Å²) < 4.78 is 0. The minimum atomic E-state index is 1.15. The van der Waals surface area contributed by atoms with Crippen molar-refractivity contribution >= 4 is 5.57 Å². The molecule has 0 aromatic carbocycles. The van der Waals surface area contributed by atoms with E-state index in [0.717, 1.165) is 5.69 Å². The van der Waals surface area contributed by atoms with Crippen LogP contribution in [-0.4, -0.2) is 4.98 Å². The number of rotatable bonds is 1. The molecular formula is C10H11N. The quantitative estimate of drug-likeness (QED) is 0.591. The van der Waals surface area contributed by atoms with Gasteiger partial charge in [-0.25, -0.2) is 0 Å². The maximum absolute atomic E-state index is 4.33. The molecule has 1 nitrogen and oxygen atoms in total. The zero-order chi connectivity index (χ0) is 7.68. The van der Waals surface area contributed by atoms with Gasteiger partial charge in [0.1, 0.15) is 0 Å². The van der Waals surface area contributed by atoms with Gasteiger partial charge >= 0.3 is 0 Å². The van der Waals surface area contributed by atoms with Gasteiger partial charge < -0.3 is 0 Å². The van der Waals surface area contributed by atoms with Crippen molar-refractivity contribution in [2.45, 2.75) is 19.8 Å². The van der Waals surface area contributed by atoms with Crippen LogP contribution in [0.4, 0.5) is 0 Å². The molecule has 0 spiro atoms. The van der Waals surface area contributed by atoms with Gasteiger partial charge in [0.05, 0.1) is 5.69 Å². The Morgan fingerprint density at radius 3 is 2.64 bits per heavy atom. The summed E-state index contributed by atoms with van der Waals surface area (Å²) in [5.41, 5.74) is 3.79. The van der Waals surface area contributed by atoms with Crippen molar-refractivity contribution in [2.24, 2.45) is 0 Å². The van der Waals surface area contributed by atoms with Gasteiger partial charge in [0.2, 0.25) is 0 Å². The first-order valence-electron chi connectivity index (χ1n) is 3.98. The summed E-state index contributed by atoms with van der Waals surface area (Å²) in [6.07, 6.45) is 6.60. The van der Waals surface area contributed by atoms with Gasteiger partial charge in [0.15, 0.2) is 0 Å². The molecule has 0 atom stereocenters. The molecule has 1 heteroatoms. The Hall–Kier alpha value is -1.11. The molecule has 56 valence electrons. The van der Waals surface area contributed by atoms with Crippen LogP contribution in [-0.2, 0) is 0 Å². The number of hydrogen-bond acceptors (Lipinski definition) is 1. The van der Waals surface area contributed by atoms with Gasteiger partial charge in [-0.15, -0.1) is 0 Å². The number of aryl methyl sites for hydroxylation is 1. The van der Waals surface area contributed by atoms with Crippen molar-refractivity contribution in [3.8, 4) is 0 Å². The number of aromatic nitrogens is 1. The van der Waals surface area contributed by atoms with E-state index < -0.39 is 0 Å². The molecule has 0 aliphatic heterocycles. The molecule has 0 saturated heterocycles.